The van der Waals surface area contributed by atoms with E-state index in [2.05, 4.69) is 72.4 Å². The SMILES string of the molecule is CCCCCCCCCCCCCCCC[Si](C)(O[Si](C)(C)C)O[Si](C)(CCCCO)O[Si](C)(C)O[Si](C)(C)C. The number of aliphatic hydroxyl groups is 1. The van der Waals surface area contributed by atoms with Gasteiger partial charge in [0.1, 0.15) is 0 Å². The van der Waals surface area contributed by atoms with E-state index >= 15 is 0 Å². The zero-order valence-corrected chi connectivity index (χ0v) is 34.0. The van der Waals surface area contributed by atoms with Crippen LogP contribution in [-0.2, 0) is 16.5 Å². The van der Waals surface area contributed by atoms with Crippen LogP contribution >= 0.6 is 0 Å². The molecule has 0 radical (unpaired) electrons. The molecule has 2 atom stereocenters. The average Bonchev–Trinajstić information content (AvgIpc) is 2.75. The quantitative estimate of drug-likeness (QED) is 0.0707. The van der Waals surface area contributed by atoms with E-state index in [-0.39, 0.29) is 6.61 Å². The van der Waals surface area contributed by atoms with E-state index in [9.17, 15) is 5.11 Å². The molecule has 0 rings (SSSR count). The highest BCUT2D eigenvalue weighted by atomic mass is 28.5. The molecule has 0 bridgehead atoms. The summed E-state index contributed by atoms with van der Waals surface area (Å²) in [5.74, 6) is 0. The van der Waals surface area contributed by atoms with Gasteiger partial charge in [-0.15, -0.1) is 0 Å². The second-order valence-corrected chi connectivity index (χ2v) is 34.9. The highest BCUT2D eigenvalue weighted by Gasteiger charge is 2.48. The molecule has 0 aromatic carbocycles. The van der Waals surface area contributed by atoms with Crippen molar-refractivity contribution in [3.05, 3.63) is 0 Å². The molecule has 1 N–H and O–H groups in total. The van der Waals surface area contributed by atoms with Gasteiger partial charge >= 0.3 is 25.7 Å². The third-order valence-electron chi connectivity index (χ3n) is 6.99. The van der Waals surface area contributed by atoms with E-state index in [4.69, 9.17) is 16.5 Å². The Kier molecular flexibility index (Phi) is 21.2. The average molecular weight is 653 g/mol. The zero-order chi connectivity index (χ0) is 30.8. The Labute approximate surface area is 256 Å². The Bertz CT molecular complexity index is 627. The molecule has 0 spiro atoms. The molecule has 0 aliphatic rings. The molecule has 0 amide bonds. The summed E-state index contributed by atoms with van der Waals surface area (Å²) >= 11 is 0. The Morgan fingerprint density at radius 2 is 0.750 bits per heavy atom. The molecule has 5 nitrogen and oxygen atoms in total. The number of rotatable bonds is 27. The van der Waals surface area contributed by atoms with Crippen LogP contribution in [0.25, 0.3) is 0 Å². The lowest BCUT2D eigenvalue weighted by molar-refractivity contribution is 0.273. The van der Waals surface area contributed by atoms with Crippen LogP contribution in [-0.4, -0.2) is 54.0 Å². The topological polar surface area (TPSA) is 57.2 Å². The summed E-state index contributed by atoms with van der Waals surface area (Å²) < 4.78 is 27.6. The van der Waals surface area contributed by atoms with Gasteiger partial charge in [0, 0.05) is 6.61 Å². The van der Waals surface area contributed by atoms with Crippen molar-refractivity contribution >= 4 is 42.3 Å². The first-order chi connectivity index (χ1) is 18.4. The van der Waals surface area contributed by atoms with Crippen molar-refractivity contribution in [2.45, 2.75) is 187 Å². The Hall–Kier alpha value is 0.884. The van der Waals surface area contributed by atoms with Gasteiger partial charge < -0.3 is 21.6 Å². The molecule has 40 heavy (non-hydrogen) atoms. The van der Waals surface area contributed by atoms with Crippen molar-refractivity contribution in [2.24, 2.45) is 0 Å². The molecule has 0 heterocycles. The first-order valence-corrected chi connectivity index (χ1v) is 31.5. The predicted molar refractivity (Wildman–Crippen MR) is 188 cm³/mol. The van der Waals surface area contributed by atoms with E-state index in [1.54, 1.807) is 0 Å². The maximum Gasteiger partial charge on any atom is 0.317 e. The highest BCUT2D eigenvalue weighted by molar-refractivity contribution is 6.90. The van der Waals surface area contributed by atoms with Crippen molar-refractivity contribution in [1.29, 1.82) is 0 Å². The Balaban J connectivity index is 4.87. The van der Waals surface area contributed by atoms with Crippen LogP contribution in [0.2, 0.25) is 77.6 Å². The van der Waals surface area contributed by atoms with Gasteiger partial charge in [-0.1, -0.05) is 96.8 Å². The molecular formula is C30H72O5Si5. The van der Waals surface area contributed by atoms with Gasteiger partial charge in [-0.3, -0.25) is 0 Å². The summed E-state index contributed by atoms with van der Waals surface area (Å²) in [6.07, 6.45) is 20.9. The summed E-state index contributed by atoms with van der Waals surface area (Å²) in [5, 5.41) is 9.44. The largest absolute Gasteiger partial charge is 0.437 e. The van der Waals surface area contributed by atoms with Gasteiger partial charge in [0.25, 0.3) is 0 Å². The number of aliphatic hydroxyl groups excluding tert-OH is 1. The number of hydrogen-bond donors (Lipinski definition) is 1. The maximum atomic E-state index is 9.44. The van der Waals surface area contributed by atoms with Crippen LogP contribution in [0.1, 0.15) is 110 Å². The zero-order valence-electron chi connectivity index (χ0n) is 29.0. The minimum absolute atomic E-state index is 0.218. The summed E-state index contributed by atoms with van der Waals surface area (Å²) in [7, 11) is -10.9. The first-order valence-electron chi connectivity index (χ1n) is 16.9. The fourth-order valence-electron chi connectivity index (χ4n) is 5.83. The summed E-state index contributed by atoms with van der Waals surface area (Å²) in [4.78, 5) is 0. The lowest BCUT2D eigenvalue weighted by atomic mass is 10.0. The van der Waals surface area contributed by atoms with Crippen molar-refractivity contribution in [1.82, 2.24) is 0 Å². The molecule has 2 unspecified atom stereocenters. The summed E-state index contributed by atoms with van der Waals surface area (Å²) in [6, 6.07) is 1.92. The van der Waals surface area contributed by atoms with Crippen molar-refractivity contribution < 1.29 is 21.6 Å². The first kappa shape index (κ1) is 40.9. The molecule has 0 saturated heterocycles. The third kappa shape index (κ3) is 24.3. The lowest BCUT2D eigenvalue weighted by Gasteiger charge is -2.44. The van der Waals surface area contributed by atoms with Gasteiger partial charge in [-0.25, -0.2) is 0 Å². The molecule has 0 aromatic heterocycles. The normalized spacial score (nSPS) is 16.2. The fraction of sp³-hybridized carbons (Fsp3) is 1.00. The number of unbranched alkanes of at least 4 members (excludes halogenated alkanes) is 14. The predicted octanol–water partition coefficient (Wildman–Crippen LogP) is 10.8. The van der Waals surface area contributed by atoms with Gasteiger partial charge in [-0.05, 0) is 90.4 Å². The Morgan fingerprint density at radius 3 is 1.12 bits per heavy atom. The van der Waals surface area contributed by atoms with Gasteiger partial charge in [0.05, 0.1) is 0 Å². The molecule has 0 saturated carbocycles. The van der Waals surface area contributed by atoms with Crippen molar-refractivity contribution in [3.63, 3.8) is 0 Å². The van der Waals surface area contributed by atoms with E-state index in [0.29, 0.717) is 0 Å². The second kappa shape index (κ2) is 20.8. The fourth-order valence-corrected chi connectivity index (χ4v) is 29.8. The van der Waals surface area contributed by atoms with Crippen LogP contribution in [0.3, 0.4) is 0 Å². The molecule has 0 aromatic rings. The highest BCUT2D eigenvalue weighted by Crippen LogP contribution is 2.32. The van der Waals surface area contributed by atoms with Crippen LogP contribution in [0.5, 0.6) is 0 Å². The van der Waals surface area contributed by atoms with Crippen LogP contribution < -0.4 is 0 Å². The van der Waals surface area contributed by atoms with Gasteiger partial charge in [0.2, 0.25) is 0 Å². The summed E-state index contributed by atoms with van der Waals surface area (Å²) in [5.41, 5.74) is 0. The van der Waals surface area contributed by atoms with E-state index < -0.39 is 42.3 Å². The van der Waals surface area contributed by atoms with Gasteiger partial charge in [-0.2, -0.15) is 0 Å². The molecule has 0 aliphatic heterocycles. The number of hydrogen-bond acceptors (Lipinski definition) is 5. The molecule has 0 fully saturated rings. The summed E-state index contributed by atoms with van der Waals surface area (Å²) in [6.45, 7) is 24.9. The standard InChI is InChI=1S/C30H72O5Si5/c1-12-13-14-15-16-17-18-19-20-21-22-23-24-26-29-39(10,33-37(5,6)7)35-40(11,30-27-25-28-31)34-38(8,9)32-36(2,3)4/h31H,12-30H2,1-11H3. The maximum absolute atomic E-state index is 9.44. The van der Waals surface area contributed by atoms with Gasteiger partial charge in [0.15, 0.2) is 16.6 Å². The van der Waals surface area contributed by atoms with E-state index in [0.717, 1.165) is 24.9 Å². The molecule has 242 valence electrons. The van der Waals surface area contributed by atoms with E-state index in [1.165, 1.54) is 89.9 Å². The van der Waals surface area contributed by atoms with Crippen LogP contribution in [0, 0.1) is 0 Å². The lowest BCUT2D eigenvalue weighted by Crippen LogP contribution is -2.60. The van der Waals surface area contributed by atoms with Crippen LogP contribution in [0.4, 0.5) is 0 Å². The smallest absolute Gasteiger partial charge is 0.317 e. The second-order valence-electron chi connectivity index (χ2n) is 14.8. The third-order valence-corrected chi connectivity index (χ3v) is 25.3. The Morgan fingerprint density at radius 1 is 0.400 bits per heavy atom. The van der Waals surface area contributed by atoms with Crippen molar-refractivity contribution in [3.8, 4) is 0 Å². The molecule has 10 heteroatoms. The minimum atomic E-state index is -2.56. The molecule has 0 aliphatic carbocycles. The molecular weight excluding hydrogens is 581 g/mol. The monoisotopic (exact) mass is 652 g/mol. The van der Waals surface area contributed by atoms with Crippen LogP contribution in [0.15, 0.2) is 0 Å². The minimum Gasteiger partial charge on any atom is -0.437 e. The van der Waals surface area contributed by atoms with E-state index in [1.807, 2.05) is 0 Å². The van der Waals surface area contributed by atoms with Crippen molar-refractivity contribution in [2.75, 3.05) is 6.61 Å².